The fourth-order valence-corrected chi connectivity index (χ4v) is 5.36. The molecule has 2 aliphatic rings. The summed E-state index contributed by atoms with van der Waals surface area (Å²) >= 11 is 1.79. The number of aliphatic hydroxyl groups is 1. The lowest BCUT2D eigenvalue weighted by atomic mass is 9.95. The summed E-state index contributed by atoms with van der Waals surface area (Å²) in [6, 6.07) is 12.1. The number of ether oxygens (including phenoxy) is 2. The van der Waals surface area contributed by atoms with Crippen LogP contribution < -0.4 is 14.4 Å². The topological polar surface area (TPSA) is 44.9 Å². The van der Waals surface area contributed by atoms with Gasteiger partial charge in [-0.2, -0.15) is 0 Å². The van der Waals surface area contributed by atoms with E-state index in [0.29, 0.717) is 6.54 Å². The molecule has 2 aromatic rings. The lowest BCUT2D eigenvalue weighted by molar-refractivity contribution is -0.656. The Morgan fingerprint density at radius 1 is 1.11 bits per heavy atom. The molecule has 2 aliphatic heterocycles. The van der Waals surface area contributed by atoms with Crippen LogP contribution in [0.25, 0.3) is 0 Å². The molecule has 2 heterocycles. The Kier molecular flexibility index (Phi) is 5.02. The summed E-state index contributed by atoms with van der Waals surface area (Å²) in [6.45, 7) is 5.43. The van der Waals surface area contributed by atoms with Crippen molar-refractivity contribution in [2.24, 2.45) is 0 Å². The minimum absolute atomic E-state index is 0.447. The standard InChI is InChI=1S/C22H27N2O3S/c1-15-6-8-18(16(2)12-15)22(25)14-23(21-24(22)10-5-11-28-21)19-13-17(26-3)7-9-20(19)27-4/h6-9,12-13,25H,5,10-11,14H2,1-4H3/q+1/t22-/m0/s1. The predicted octanol–water partition coefficient (Wildman–Crippen LogP) is 3.49. The SMILES string of the molecule is COc1ccc(OC)c(N2C[C@](O)(c3ccc(C)cc3C)[N+]3=C2SCCC3)c1. The molecule has 148 valence electrons. The number of amidine groups is 1. The molecule has 1 atom stereocenters. The van der Waals surface area contributed by atoms with E-state index in [0.717, 1.165) is 52.2 Å². The molecule has 0 radical (unpaired) electrons. The van der Waals surface area contributed by atoms with E-state index in [4.69, 9.17) is 9.47 Å². The van der Waals surface area contributed by atoms with Crippen LogP contribution in [0.4, 0.5) is 5.69 Å². The van der Waals surface area contributed by atoms with Gasteiger partial charge in [-0.3, -0.25) is 0 Å². The zero-order valence-electron chi connectivity index (χ0n) is 16.9. The molecular formula is C22H27N2O3S+. The maximum Gasteiger partial charge on any atom is 0.316 e. The molecule has 1 N–H and O–H groups in total. The van der Waals surface area contributed by atoms with Crippen molar-refractivity contribution >= 4 is 22.6 Å². The van der Waals surface area contributed by atoms with Gasteiger partial charge in [0.25, 0.3) is 5.72 Å². The number of nitrogens with zero attached hydrogens (tertiary/aromatic N) is 2. The summed E-state index contributed by atoms with van der Waals surface area (Å²) in [5.74, 6) is 2.58. The predicted molar refractivity (Wildman–Crippen MR) is 114 cm³/mol. The highest BCUT2D eigenvalue weighted by atomic mass is 32.2. The molecule has 0 saturated carbocycles. The number of rotatable bonds is 4. The van der Waals surface area contributed by atoms with Crippen LogP contribution in [-0.4, -0.2) is 47.9 Å². The second kappa shape index (κ2) is 7.33. The molecule has 28 heavy (non-hydrogen) atoms. The normalized spacial score (nSPS) is 21.7. The smallest absolute Gasteiger partial charge is 0.316 e. The Balaban J connectivity index is 1.85. The average Bonchev–Trinajstić information content (AvgIpc) is 3.01. The first-order valence-electron chi connectivity index (χ1n) is 9.55. The zero-order valence-corrected chi connectivity index (χ0v) is 17.7. The second-order valence-electron chi connectivity index (χ2n) is 7.40. The molecule has 0 spiro atoms. The number of methoxy groups -OCH3 is 2. The average molecular weight is 400 g/mol. The Hall–Kier alpha value is -2.18. The van der Waals surface area contributed by atoms with Crippen LogP contribution in [0.3, 0.4) is 0 Å². The van der Waals surface area contributed by atoms with E-state index in [9.17, 15) is 5.11 Å². The second-order valence-corrected chi connectivity index (χ2v) is 8.46. The highest BCUT2D eigenvalue weighted by Crippen LogP contribution is 2.42. The van der Waals surface area contributed by atoms with Crippen molar-refractivity contribution in [1.82, 2.24) is 0 Å². The van der Waals surface area contributed by atoms with Crippen molar-refractivity contribution in [3.8, 4) is 11.5 Å². The lowest BCUT2D eigenvalue weighted by Crippen LogP contribution is -2.42. The number of anilines is 1. The quantitative estimate of drug-likeness (QED) is 0.798. The molecule has 0 aromatic heterocycles. The van der Waals surface area contributed by atoms with Gasteiger partial charge in [0.05, 0.1) is 20.8 Å². The molecule has 5 nitrogen and oxygen atoms in total. The van der Waals surface area contributed by atoms with E-state index < -0.39 is 5.72 Å². The summed E-state index contributed by atoms with van der Waals surface area (Å²) in [7, 11) is 3.34. The van der Waals surface area contributed by atoms with Crippen molar-refractivity contribution in [2.45, 2.75) is 26.0 Å². The van der Waals surface area contributed by atoms with Gasteiger partial charge in [0.15, 0.2) is 18.0 Å². The van der Waals surface area contributed by atoms with E-state index in [2.05, 4.69) is 41.5 Å². The minimum atomic E-state index is -1.07. The number of aryl methyl sites for hydroxylation is 2. The van der Waals surface area contributed by atoms with Crippen LogP contribution in [0.15, 0.2) is 36.4 Å². The Bertz CT molecular complexity index is 943. The number of benzene rings is 2. The van der Waals surface area contributed by atoms with Gasteiger partial charge in [0, 0.05) is 17.4 Å². The maximum atomic E-state index is 11.9. The summed E-state index contributed by atoms with van der Waals surface area (Å²) in [4.78, 5) is 2.17. The third-order valence-corrected chi connectivity index (χ3v) is 6.73. The summed E-state index contributed by atoms with van der Waals surface area (Å²) in [6.07, 6.45) is 1.05. The molecule has 0 aliphatic carbocycles. The number of β-amino-alcohol motifs (C(OH)–C–C–N with tert-alkyl or cyclic N) is 1. The number of hydrogen-bond donors (Lipinski definition) is 1. The van der Waals surface area contributed by atoms with Crippen LogP contribution in [0.2, 0.25) is 0 Å². The lowest BCUT2D eigenvalue weighted by Gasteiger charge is -2.26. The molecule has 6 heteroatoms. The van der Waals surface area contributed by atoms with Gasteiger partial charge in [-0.15, -0.1) is 0 Å². The molecule has 0 saturated heterocycles. The first kappa shape index (κ1) is 19.2. The zero-order chi connectivity index (χ0) is 19.9. The Labute approximate surface area is 170 Å². The Morgan fingerprint density at radius 3 is 2.64 bits per heavy atom. The monoisotopic (exact) mass is 399 g/mol. The fraction of sp³-hybridized carbons (Fsp3) is 0.409. The molecule has 4 rings (SSSR count). The van der Waals surface area contributed by atoms with Gasteiger partial charge in [-0.05, 0) is 49.7 Å². The van der Waals surface area contributed by atoms with Crippen LogP contribution in [0, 0.1) is 13.8 Å². The van der Waals surface area contributed by atoms with Crippen LogP contribution in [0.5, 0.6) is 11.5 Å². The third kappa shape index (κ3) is 3.05. The molecular weight excluding hydrogens is 372 g/mol. The molecule has 2 aromatic carbocycles. The first-order valence-corrected chi connectivity index (χ1v) is 10.5. The highest BCUT2D eigenvalue weighted by molar-refractivity contribution is 8.13. The van der Waals surface area contributed by atoms with Crippen molar-refractivity contribution in [1.29, 1.82) is 0 Å². The third-order valence-electron chi connectivity index (χ3n) is 5.53. The molecule has 0 fully saturated rings. The number of thioether (sulfide) groups is 1. The van der Waals surface area contributed by atoms with Crippen molar-refractivity contribution in [2.75, 3.05) is 38.0 Å². The van der Waals surface area contributed by atoms with Crippen LogP contribution in [-0.2, 0) is 5.72 Å². The summed E-state index contributed by atoms with van der Waals surface area (Å²) in [5.41, 5.74) is 3.11. The number of hydrogen-bond acceptors (Lipinski definition) is 5. The molecule has 0 amide bonds. The first-order chi connectivity index (χ1) is 13.5. The largest absolute Gasteiger partial charge is 0.497 e. The minimum Gasteiger partial charge on any atom is -0.497 e. The van der Waals surface area contributed by atoms with Crippen molar-refractivity contribution < 1.29 is 19.2 Å². The molecule has 0 bridgehead atoms. The van der Waals surface area contributed by atoms with E-state index in [-0.39, 0.29) is 0 Å². The van der Waals surface area contributed by atoms with Crippen LogP contribution >= 0.6 is 11.8 Å². The molecule has 0 unspecified atom stereocenters. The van der Waals surface area contributed by atoms with Gasteiger partial charge in [-0.1, -0.05) is 23.8 Å². The van der Waals surface area contributed by atoms with E-state index >= 15 is 0 Å². The van der Waals surface area contributed by atoms with Crippen molar-refractivity contribution in [3.05, 3.63) is 53.1 Å². The fourth-order valence-electron chi connectivity index (χ4n) is 4.19. The van der Waals surface area contributed by atoms with Gasteiger partial charge in [0.1, 0.15) is 5.75 Å². The summed E-state index contributed by atoms with van der Waals surface area (Å²) in [5, 5.41) is 13.0. The van der Waals surface area contributed by atoms with E-state index in [1.165, 1.54) is 5.56 Å². The van der Waals surface area contributed by atoms with E-state index in [1.807, 2.05) is 18.2 Å². The van der Waals surface area contributed by atoms with Gasteiger partial charge in [-0.25, -0.2) is 9.48 Å². The maximum absolute atomic E-state index is 11.9. The van der Waals surface area contributed by atoms with Gasteiger partial charge in [0.2, 0.25) is 0 Å². The van der Waals surface area contributed by atoms with E-state index in [1.54, 1.807) is 26.0 Å². The Morgan fingerprint density at radius 2 is 1.93 bits per heavy atom. The van der Waals surface area contributed by atoms with Gasteiger partial charge >= 0.3 is 5.17 Å². The van der Waals surface area contributed by atoms with Crippen molar-refractivity contribution in [3.63, 3.8) is 0 Å². The van der Waals surface area contributed by atoms with Gasteiger partial charge < -0.3 is 14.6 Å². The van der Waals surface area contributed by atoms with Crippen LogP contribution in [0.1, 0.15) is 23.1 Å². The summed E-state index contributed by atoms with van der Waals surface area (Å²) < 4.78 is 13.2. The highest BCUT2D eigenvalue weighted by Gasteiger charge is 2.54.